The fourth-order valence-electron chi connectivity index (χ4n) is 2.19. The van der Waals surface area contributed by atoms with Crippen molar-refractivity contribution >= 4 is 11.9 Å². The van der Waals surface area contributed by atoms with Crippen molar-refractivity contribution in [2.75, 3.05) is 0 Å². The number of Topliss-reactive ketones (excluding diaryl/α,β-unsaturated/α-hetero) is 1. The van der Waals surface area contributed by atoms with Crippen LogP contribution in [0.15, 0.2) is 30.2 Å². The van der Waals surface area contributed by atoms with Crippen molar-refractivity contribution in [3.05, 3.63) is 52.9 Å². The lowest BCUT2D eigenvalue weighted by Gasteiger charge is -2.16. The van der Waals surface area contributed by atoms with Gasteiger partial charge in [-0.15, -0.1) is 0 Å². The summed E-state index contributed by atoms with van der Waals surface area (Å²) < 4.78 is 0. The van der Waals surface area contributed by atoms with Crippen LogP contribution in [0.1, 0.15) is 33.9 Å². The van der Waals surface area contributed by atoms with Crippen LogP contribution in [0.4, 0.5) is 0 Å². The molecule has 4 nitrogen and oxygen atoms in total. The first kappa shape index (κ1) is 10.9. The Morgan fingerprint density at radius 2 is 2.22 bits per heavy atom. The highest BCUT2D eigenvalue weighted by Gasteiger charge is 2.23. The van der Waals surface area contributed by atoms with Crippen LogP contribution in [0.2, 0.25) is 0 Å². The number of rotatable bonds is 1. The molecule has 0 fully saturated rings. The van der Waals surface area contributed by atoms with Crippen LogP contribution in [0.25, 0.3) is 6.08 Å². The van der Waals surface area contributed by atoms with Gasteiger partial charge in [0.15, 0.2) is 0 Å². The summed E-state index contributed by atoms with van der Waals surface area (Å²) in [6.45, 7) is 1.90. The first-order valence-corrected chi connectivity index (χ1v) is 5.94. The van der Waals surface area contributed by atoms with E-state index >= 15 is 0 Å². The number of nitrogens with one attached hydrogen (secondary N) is 1. The second-order valence-electron chi connectivity index (χ2n) is 4.45. The third-order valence-corrected chi connectivity index (χ3v) is 3.13. The normalized spacial score (nSPS) is 16.9. The Balaban J connectivity index is 2.01. The van der Waals surface area contributed by atoms with E-state index in [9.17, 15) is 4.79 Å². The summed E-state index contributed by atoms with van der Waals surface area (Å²) in [5, 5.41) is 0. The number of aryl methyl sites for hydroxylation is 2. The lowest BCUT2D eigenvalue weighted by Crippen LogP contribution is -2.16. The fraction of sp³-hybridized carbons (Fsp3) is 0.214. The Labute approximate surface area is 105 Å². The van der Waals surface area contributed by atoms with Gasteiger partial charge in [-0.3, -0.25) is 4.79 Å². The van der Waals surface area contributed by atoms with E-state index in [1.54, 1.807) is 12.5 Å². The first-order valence-electron chi connectivity index (χ1n) is 5.94. The first-order chi connectivity index (χ1) is 8.74. The van der Waals surface area contributed by atoms with Crippen LogP contribution in [-0.4, -0.2) is 20.7 Å². The summed E-state index contributed by atoms with van der Waals surface area (Å²) in [4.78, 5) is 23.7. The number of carbonyl (C=O) groups is 1. The summed E-state index contributed by atoms with van der Waals surface area (Å²) in [5.74, 6) is 0.0305. The molecule has 1 aliphatic carbocycles. The van der Waals surface area contributed by atoms with Gasteiger partial charge in [-0.25, -0.2) is 9.97 Å². The molecule has 2 aromatic heterocycles. The molecule has 3 rings (SSSR count). The average Bonchev–Trinajstić information content (AvgIpc) is 2.86. The summed E-state index contributed by atoms with van der Waals surface area (Å²) in [6, 6.07) is 3.95. The smallest absolute Gasteiger partial charge is 0.207 e. The maximum absolute atomic E-state index is 12.3. The van der Waals surface area contributed by atoms with Gasteiger partial charge in [-0.2, -0.15) is 0 Å². The quantitative estimate of drug-likeness (QED) is 0.777. The number of nitrogens with zero attached hydrogens (tertiary/aromatic N) is 2. The van der Waals surface area contributed by atoms with E-state index in [1.807, 2.05) is 25.1 Å². The van der Waals surface area contributed by atoms with Crippen molar-refractivity contribution in [3.8, 4) is 0 Å². The number of aromatic nitrogens is 3. The third kappa shape index (κ3) is 1.86. The topological polar surface area (TPSA) is 58.6 Å². The number of hydrogen-bond donors (Lipinski definition) is 1. The van der Waals surface area contributed by atoms with Crippen molar-refractivity contribution in [1.29, 1.82) is 0 Å². The van der Waals surface area contributed by atoms with Crippen LogP contribution in [0, 0.1) is 6.92 Å². The molecule has 4 heteroatoms. The number of carbonyl (C=O) groups excluding carboxylic acids is 1. The minimum absolute atomic E-state index is 0.0305. The van der Waals surface area contributed by atoms with Gasteiger partial charge in [-0.05, 0) is 37.5 Å². The van der Waals surface area contributed by atoms with E-state index in [1.165, 1.54) is 0 Å². The van der Waals surface area contributed by atoms with E-state index in [-0.39, 0.29) is 5.78 Å². The van der Waals surface area contributed by atoms with E-state index in [0.717, 1.165) is 35.4 Å². The molecule has 0 aromatic carbocycles. The Kier molecular flexibility index (Phi) is 2.55. The molecule has 2 heterocycles. The van der Waals surface area contributed by atoms with Gasteiger partial charge < -0.3 is 4.98 Å². The van der Waals surface area contributed by atoms with Crippen molar-refractivity contribution < 1.29 is 4.79 Å². The molecular weight excluding hydrogens is 226 g/mol. The minimum Gasteiger partial charge on any atom is -0.351 e. The number of allylic oxidation sites excluding steroid dienone is 1. The molecule has 18 heavy (non-hydrogen) atoms. The maximum Gasteiger partial charge on any atom is 0.207 e. The standard InChI is InChI=1S/C14H13N3O/c1-9-2-3-10-4-5-11(14(18)13(10)17-9)6-12-7-15-8-16-12/h2-3,6-8H,4-5H2,1H3,(H,15,16)/b11-6-. The third-order valence-electron chi connectivity index (χ3n) is 3.13. The summed E-state index contributed by atoms with van der Waals surface area (Å²) in [6.07, 6.45) is 6.84. The van der Waals surface area contributed by atoms with Gasteiger partial charge in [-0.1, -0.05) is 6.07 Å². The van der Waals surface area contributed by atoms with E-state index in [0.29, 0.717) is 5.69 Å². The summed E-state index contributed by atoms with van der Waals surface area (Å²) >= 11 is 0. The highest BCUT2D eigenvalue weighted by Crippen LogP contribution is 2.25. The average molecular weight is 239 g/mol. The molecule has 0 saturated heterocycles. The Bertz CT molecular complexity index is 626. The van der Waals surface area contributed by atoms with Gasteiger partial charge in [0.2, 0.25) is 5.78 Å². The number of imidazole rings is 1. The van der Waals surface area contributed by atoms with Crippen LogP contribution in [-0.2, 0) is 6.42 Å². The lowest BCUT2D eigenvalue weighted by molar-refractivity contribution is 0.102. The maximum atomic E-state index is 12.3. The number of ketones is 1. The zero-order valence-corrected chi connectivity index (χ0v) is 10.1. The molecule has 0 bridgehead atoms. The predicted octanol–water partition coefficient (Wildman–Crippen LogP) is 2.33. The van der Waals surface area contributed by atoms with Gasteiger partial charge in [0.1, 0.15) is 5.69 Å². The Hall–Kier alpha value is -2.23. The zero-order chi connectivity index (χ0) is 12.5. The van der Waals surface area contributed by atoms with Crippen molar-refractivity contribution in [1.82, 2.24) is 15.0 Å². The molecule has 0 amide bonds. The van der Waals surface area contributed by atoms with E-state index in [4.69, 9.17) is 0 Å². The Morgan fingerprint density at radius 3 is 3.00 bits per heavy atom. The van der Waals surface area contributed by atoms with Crippen LogP contribution >= 0.6 is 0 Å². The molecule has 0 atom stereocenters. The molecule has 0 unspecified atom stereocenters. The zero-order valence-electron chi connectivity index (χ0n) is 10.1. The highest BCUT2D eigenvalue weighted by atomic mass is 16.1. The molecule has 2 aromatic rings. The highest BCUT2D eigenvalue weighted by molar-refractivity contribution is 6.11. The largest absolute Gasteiger partial charge is 0.351 e. The molecule has 1 N–H and O–H groups in total. The van der Waals surface area contributed by atoms with Gasteiger partial charge in [0.05, 0.1) is 12.0 Å². The molecular formula is C14H13N3O. The molecule has 0 saturated carbocycles. The molecule has 1 aliphatic rings. The minimum atomic E-state index is 0.0305. The molecule has 0 radical (unpaired) electrons. The summed E-state index contributed by atoms with van der Waals surface area (Å²) in [5.41, 5.74) is 4.10. The predicted molar refractivity (Wildman–Crippen MR) is 68.2 cm³/mol. The van der Waals surface area contributed by atoms with Crippen LogP contribution in [0.3, 0.4) is 0 Å². The van der Waals surface area contributed by atoms with Crippen molar-refractivity contribution in [3.63, 3.8) is 0 Å². The second-order valence-corrected chi connectivity index (χ2v) is 4.45. The molecule has 0 aliphatic heterocycles. The van der Waals surface area contributed by atoms with E-state index < -0.39 is 0 Å². The fourth-order valence-corrected chi connectivity index (χ4v) is 2.19. The Morgan fingerprint density at radius 1 is 1.33 bits per heavy atom. The second kappa shape index (κ2) is 4.22. The number of H-pyrrole nitrogens is 1. The van der Waals surface area contributed by atoms with E-state index in [2.05, 4.69) is 15.0 Å². The van der Waals surface area contributed by atoms with Crippen LogP contribution < -0.4 is 0 Å². The number of fused-ring (bicyclic) bond motifs is 1. The summed E-state index contributed by atoms with van der Waals surface area (Å²) in [7, 11) is 0. The lowest BCUT2D eigenvalue weighted by atomic mass is 9.89. The monoisotopic (exact) mass is 239 g/mol. The van der Waals surface area contributed by atoms with Crippen LogP contribution in [0.5, 0.6) is 0 Å². The molecule has 0 spiro atoms. The SMILES string of the molecule is Cc1ccc2c(n1)C(=O)/C(=C\c1c[nH]cn1)CC2. The van der Waals surface area contributed by atoms with Crippen molar-refractivity contribution in [2.45, 2.75) is 19.8 Å². The number of hydrogen-bond acceptors (Lipinski definition) is 3. The van der Waals surface area contributed by atoms with Crippen molar-refractivity contribution in [2.24, 2.45) is 0 Å². The number of aromatic amines is 1. The number of pyridine rings is 1. The van der Waals surface area contributed by atoms with Gasteiger partial charge in [0.25, 0.3) is 0 Å². The van der Waals surface area contributed by atoms with Gasteiger partial charge in [0, 0.05) is 17.5 Å². The van der Waals surface area contributed by atoms with Gasteiger partial charge >= 0.3 is 0 Å². The molecule has 90 valence electrons.